The molecule has 1 aromatic rings. The zero-order valence-corrected chi connectivity index (χ0v) is 8.77. The van der Waals surface area contributed by atoms with E-state index in [1.165, 1.54) is 5.56 Å². The first kappa shape index (κ1) is 9.62. The number of pyridine rings is 1. The Morgan fingerprint density at radius 3 is 2.36 bits per heavy atom. The van der Waals surface area contributed by atoms with Crippen LogP contribution in [-0.2, 0) is 0 Å². The molecule has 0 aromatic carbocycles. The largest absolute Gasteiger partial charge is 0.323 e. The van der Waals surface area contributed by atoms with Crippen molar-refractivity contribution in [1.82, 2.24) is 9.88 Å². The van der Waals surface area contributed by atoms with Crippen molar-refractivity contribution in [1.29, 1.82) is 0 Å². The molecule has 1 aliphatic carbocycles. The summed E-state index contributed by atoms with van der Waals surface area (Å²) in [5, 5.41) is 0. The molecular formula is C11H17N3. The lowest BCUT2D eigenvalue weighted by Crippen LogP contribution is -2.39. The third-order valence-corrected chi connectivity index (χ3v) is 2.91. The lowest BCUT2D eigenvalue weighted by Gasteiger charge is -2.30. The van der Waals surface area contributed by atoms with Crippen molar-refractivity contribution in [2.24, 2.45) is 5.73 Å². The van der Waals surface area contributed by atoms with Crippen LogP contribution in [0.4, 0.5) is 0 Å². The molecule has 0 bridgehead atoms. The summed E-state index contributed by atoms with van der Waals surface area (Å²) in [6, 6.07) is 4.43. The summed E-state index contributed by atoms with van der Waals surface area (Å²) in [6.07, 6.45) is 5.91. The lowest BCUT2D eigenvalue weighted by atomic mass is 9.98. The van der Waals surface area contributed by atoms with Gasteiger partial charge < -0.3 is 10.6 Å². The van der Waals surface area contributed by atoms with Gasteiger partial charge in [0.05, 0.1) is 6.04 Å². The van der Waals surface area contributed by atoms with Crippen molar-refractivity contribution in [2.45, 2.75) is 24.4 Å². The number of nitrogens with two attached hydrogens (primary N) is 1. The first-order chi connectivity index (χ1) is 6.63. The van der Waals surface area contributed by atoms with Crippen molar-refractivity contribution in [3.8, 4) is 0 Å². The van der Waals surface area contributed by atoms with Crippen molar-refractivity contribution in [3.63, 3.8) is 0 Å². The monoisotopic (exact) mass is 191 g/mol. The van der Waals surface area contributed by atoms with E-state index in [9.17, 15) is 0 Å². The summed E-state index contributed by atoms with van der Waals surface area (Å²) in [7, 11) is 4.16. The fraction of sp³-hybridized carbons (Fsp3) is 0.545. The van der Waals surface area contributed by atoms with Crippen LogP contribution < -0.4 is 5.73 Å². The molecule has 1 aliphatic rings. The third kappa shape index (κ3) is 1.65. The highest BCUT2D eigenvalue weighted by Gasteiger charge is 2.47. The Balaban J connectivity index is 2.28. The van der Waals surface area contributed by atoms with Crippen LogP contribution in [-0.4, -0.2) is 29.5 Å². The molecule has 2 N–H and O–H groups in total. The van der Waals surface area contributed by atoms with Gasteiger partial charge in [-0.3, -0.25) is 4.98 Å². The molecule has 1 heterocycles. The predicted octanol–water partition coefficient (Wildman–Crippen LogP) is 1.18. The van der Waals surface area contributed by atoms with E-state index < -0.39 is 0 Å². The highest BCUT2D eigenvalue weighted by atomic mass is 15.1. The second kappa shape index (κ2) is 3.33. The Bertz CT molecular complexity index is 304. The molecule has 2 rings (SSSR count). The van der Waals surface area contributed by atoms with Gasteiger partial charge in [0, 0.05) is 17.9 Å². The van der Waals surface area contributed by atoms with Gasteiger partial charge in [-0.1, -0.05) is 0 Å². The highest BCUT2D eigenvalue weighted by molar-refractivity contribution is 5.24. The van der Waals surface area contributed by atoms with Crippen LogP contribution in [0.2, 0.25) is 0 Å². The van der Waals surface area contributed by atoms with E-state index in [1.807, 2.05) is 12.4 Å². The van der Waals surface area contributed by atoms with Gasteiger partial charge in [0.25, 0.3) is 0 Å². The fourth-order valence-electron chi connectivity index (χ4n) is 2.11. The number of aromatic nitrogens is 1. The van der Waals surface area contributed by atoms with Gasteiger partial charge in [-0.05, 0) is 44.6 Å². The zero-order valence-electron chi connectivity index (χ0n) is 8.77. The Labute approximate surface area is 84.9 Å². The summed E-state index contributed by atoms with van der Waals surface area (Å²) in [6.45, 7) is 0. The molecule has 0 amide bonds. The molecule has 1 fully saturated rings. The standard InChI is InChI=1S/C11H17N3/c1-14(2)10(11(12)5-6-11)9-3-7-13-8-4-9/h3-4,7-8,10H,5-6,12H2,1-2H3. The lowest BCUT2D eigenvalue weighted by molar-refractivity contribution is 0.245. The highest BCUT2D eigenvalue weighted by Crippen LogP contribution is 2.45. The summed E-state index contributed by atoms with van der Waals surface area (Å²) in [5.41, 5.74) is 7.52. The molecule has 0 saturated heterocycles. The second-order valence-corrected chi connectivity index (χ2v) is 4.38. The van der Waals surface area contributed by atoms with Gasteiger partial charge >= 0.3 is 0 Å². The summed E-state index contributed by atoms with van der Waals surface area (Å²) >= 11 is 0. The minimum atomic E-state index is -0.00907. The maximum atomic E-state index is 6.26. The minimum Gasteiger partial charge on any atom is -0.323 e. The Morgan fingerprint density at radius 1 is 1.36 bits per heavy atom. The Kier molecular flexibility index (Phi) is 2.29. The molecule has 1 aromatic heterocycles. The van der Waals surface area contributed by atoms with E-state index >= 15 is 0 Å². The number of hydrogen-bond acceptors (Lipinski definition) is 3. The summed E-state index contributed by atoms with van der Waals surface area (Å²) < 4.78 is 0. The van der Waals surface area contributed by atoms with Crippen molar-refractivity contribution >= 4 is 0 Å². The van der Waals surface area contributed by atoms with Gasteiger partial charge in [-0.2, -0.15) is 0 Å². The van der Waals surface area contributed by atoms with Crippen LogP contribution in [0, 0.1) is 0 Å². The molecule has 1 unspecified atom stereocenters. The quantitative estimate of drug-likeness (QED) is 0.780. The fourth-order valence-corrected chi connectivity index (χ4v) is 2.11. The van der Waals surface area contributed by atoms with E-state index in [0.717, 1.165) is 12.8 Å². The molecule has 14 heavy (non-hydrogen) atoms. The van der Waals surface area contributed by atoms with Crippen LogP contribution >= 0.6 is 0 Å². The first-order valence-electron chi connectivity index (χ1n) is 4.99. The van der Waals surface area contributed by atoms with E-state index in [1.54, 1.807) is 0 Å². The maximum absolute atomic E-state index is 6.26. The molecule has 0 aliphatic heterocycles. The molecule has 76 valence electrons. The van der Waals surface area contributed by atoms with Crippen LogP contribution in [0.15, 0.2) is 24.5 Å². The molecule has 0 radical (unpaired) electrons. The van der Waals surface area contributed by atoms with E-state index in [4.69, 9.17) is 5.73 Å². The van der Waals surface area contributed by atoms with E-state index in [2.05, 4.69) is 36.1 Å². The molecule has 3 heteroatoms. The average molecular weight is 191 g/mol. The van der Waals surface area contributed by atoms with Gasteiger partial charge in [0.1, 0.15) is 0 Å². The molecule has 1 saturated carbocycles. The van der Waals surface area contributed by atoms with E-state index in [-0.39, 0.29) is 5.54 Å². The number of nitrogens with zero attached hydrogens (tertiary/aromatic N) is 2. The smallest absolute Gasteiger partial charge is 0.0524 e. The first-order valence-corrected chi connectivity index (χ1v) is 4.99. The van der Waals surface area contributed by atoms with E-state index in [0.29, 0.717) is 6.04 Å². The molecular weight excluding hydrogens is 174 g/mol. The van der Waals surface area contributed by atoms with Crippen molar-refractivity contribution in [3.05, 3.63) is 30.1 Å². The normalized spacial score (nSPS) is 20.9. The zero-order chi connectivity index (χ0) is 10.2. The van der Waals surface area contributed by atoms with Crippen LogP contribution in [0.5, 0.6) is 0 Å². The van der Waals surface area contributed by atoms with Gasteiger partial charge in [-0.15, -0.1) is 0 Å². The predicted molar refractivity (Wildman–Crippen MR) is 56.8 cm³/mol. The molecule has 3 nitrogen and oxygen atoms in total. The SMILES string of the molecule is CN(C)C(c1ccncc1)C1(N)CC1. The molecule has 0 spiro atoms. The average Bonchev–Trinajstić information content (AvgIpc) is 2.85. The Hall–Kier alpha value is -0.930. The maximum Gasteiger partial charge on any atom is 0.0524 e. The summed E-state index contributed by atoms with van der Waals surface area (Å²) in [4.78, 5) is 6.23. The second-order valence-electron chi connectivity index (χ2n) is 4.38. The van der Waals surface area contributed by atoms with Crippen molar-refractivity contribution < 1.29 is 0 Å². The summed E-state index contributed by atoms with van der Waals surface area (Å²) in [5.74, 6) is 0. The number of likely N-dealkylation sites (N-methyl/N-ethyl adjacent to an activating group) is 1. The van der Waals surface area contributed by atoms with Gasteiger partial charge in [0.2, 0.25) is 0 Å². The molecule has 1 atom stereocenters. The van der Waals surface area contributed by atoms with Crippen LogP contribution in [0.25, 0.3) is 0 Å². The van der Waals surface area contributed by atoms with Crippen LogP contribution in [0.1, 0.15) is 24.4 Å². The van der Waals surface area contributed by atoms with Crippen LogP contribution in [0.3, 0.4) is 0 Å². The number of rotatable bonds is 3. The topological polar surface area (TPSA) is 42.2 Å². The minimum absolute atomic E-state index is 0.00907. The van der Waals surface area contributed by atoms with Gasteiger partial charge in [0.15, 0.2) is 0 Å². The van der Waals surface area contributed by atoms with Crippen molar-refractivity contribution in [2.75, 3.05) is 14.1 Å². The number of hydrogen-bond donors (Lipinski definition) is 1. The Morgan fingerprint density at radius 2 is 1.93 bits per heavy atom. The van der Waals surface area contributed by atoms with Gasteiger partial charge in [-0.25, -0.2) is 0 Å². The third-order valence-electron chi connectivity index (χ3n) is 2.91.